The van der Waals surface area contributed by atoms with Gasteiger partial charge in [0.05, 0.1) is 11.7 Å². The third-order valence-corrected chi connectivity index (χ3v) is 4.66. The van der Waals surface area contributed by atoms with E-state index in [1.54, 1.807) is 6.20 Å². The number of carbonyl (C=O) groups excluding carboxylic acids is 1. The van der Waals surface area contributed by atoms with E-state index >= 15 is 0 Å². The molecule has 0 saturated heterocycles. The molecule has 0 saturated carbocycles. The van der Waals surface area contributed by atoms with Crippen LogP contribution >= 0.6 is 0 Å². The van der Waals surface area contributed by atoms with Crippen LogP contribution in [0.2, 0.25) is 0 Å². The lowest BCUT2D eigenvalue weighted by atomic mass is 9.98. The van der Waals surface area contributed by atoms with Gasteiger partial charge in [0.15, 0.2) is 0 Å². The Morgan fingerprint density at radius 3 is 2.27 bits per heavy atom. The van der Waals surface area contributed by atoms with Crippen LogP contribution in [0.15, 0.2) is 73.1 Å². The van der Waals surface area contributed by atoms with Crippen molar-refractivity contribution in [3.05, 3.63) is 102 Å². The molecule has 149 valence electrons. The summed E-state index contributed by atoms with van der Waals surface area (Å²) in [5.41, 5.74) is 2.59. The molecule has 2 N–H and O–H groups in total. The molecular weight excluding hydrogens is 378 g/mol. The summed E-state index contributed by atoms with van der Waals surface area (Å²) in [6.45, 7) is 1.96. The van der Waals surface area contributed by atoms with Gasteiger partial charge in [-0.2, -0.15) is 10.1 Å². The molecule has 4 rings (SSSR count). The van der Waals surface area contributed by atoms with E-state index in [0.29, 0.717) is 0 Å². The zero-order valence-electron chi connectivity index (χ0n) is 16.4. The molecule has 1 radical (unpaired) electrons. The molecule has 7 heteroatoms. The number of rotatable bonds is 6. The Bertz CT molecular complexity index is 1100. The van der Waals surface area contributed by atoms with Crippen LogP contribution in [0.25, 0.3) is 5.95 Å². The van der Waals surface area contributed by atoms with E-state index in [9.17, 15) is 9.90 Å². The molecule has 1 amide bonds. The van der Waals surface area contributed by atoms with Gasteiger partial charge in [-0.15, -0.1) is 0 Å². The Hall–Kier alpha value is -4.00. The molecule has 2 aromatic carbocycles. The van der Waals surface area contributed by atoms with E-state index in [1.165, 1.54) is 10.9 Å². The van der Waals surface area contributed by atoms with Crippen LogP contribution in [0, 0.1) is 6.07 Å². The molecule has 0 atom stereocenters. The number of aromatic hydroxyl groups is 1. The number of amides is 1. The highest BCUT2D eigenvalue weighted by Gasteiger charge is 2.21. The second kappa shape index (κ2) is 8.57. The Morgan fingerprint density at radius 2 is 1.73 bits per heavy atom. The normalized spacial score (nSPS) is 10.9. The smallest absolute Gasteiger partial charge is 0.259 e. The minimum Gasteiger partial charge on any atom is -0.493 e. The summed E-state index contributed by atoms with van der Waals surface area (Å²) in [6, 6.07) is 21.9. The third kappa shape index (κ3) is 4.05. The van der Waals surface area contributed by atoms with Crippen LogP contribution in [0.3, 0.4) is 0 Å². The van der Waals surface area contributed by atoms with Gasteiger partial charge < -0.3 is 10.4 Å². The van der Waals surface area contributed by atoms with Crippen molar-refractivity contribution in [2.75, 3.05) is 0 Å². The lowest BCUT2D eigenvalue weighted by molar-refractivity contribution is 0.0939. The number of aryl methyl sites for hydroxylation is 1. The Kier molecular flexibility index (Phi) is 5.52. The molecule has 0 aliphatic carbocycles. The first kappa shape index (κ1) is 19.3. The van der Waals surface area contributed by atoms with Crippen LogP contribution in [0.4, 0.5) is 0 Å². The molecule has 4 aromatic rings. The van der Waals surface area contributed by atoms with E-state index in [0.717, 1.165) is 23.2 Å². The largest absolute Gasteiger partial charge is 0.493 e. The van der Waals surface area contributed by atoms with Crippen LogP contribution < -0.4 is 5.32 Å². The predicted molar refractivity (Wildman–Crippen MR) is 111 cm³/mol. The molecule has 0 spiro atoms. The topological polar surface area (TPSA) is 92.9 Å². The molecule has 0 fully saturated rings. The zero-order valence-corrected chi connectivity index (χ0v) is 16.4. The molecule has 2 aromatic heterocycles. The quantitative estimate of drug-likeness (QED) is 0.520. The number of aromatic nitrogens is 4. The number of nitrogens with one attached hydrogen (secondary N) is 1. The average Bonchev–Trinajstić information content (AvgIpc) is 3.28. The highest BCUT2D eigenvalue weighted by molar-refractivity contribution is 5.96. The number of benzene rings is 2. The molecule has 0 bridgehead atoms. The van der Waals surface area contributed by atoms with Gasteiger partial charge in [-0.25, -0.2) is 9.67 Å². The van der Waals surface area contributed by atoms with Crippen molar-refractivity contribution in [3.63, 3.8) is 0 Å². The Labute approximate surface area is 174 Å². The number of hydrogen-bond acceptors (Lipinski definition) is 5. The van der Waals surface area contributed by atoms with Crippen molar-refractivity contribution < 1.29 is 9.90 Å². The van der Waals surface area contributed by atoms with Crippen molar-refractivity contribution in [2.24, 2.45) is 0 Å². The van der Waals surface area contributed by atoms with E-state index in [1.807, 2.05) is 67.6 Å². The van der Waals surface area contributed by atoms with E-state index in [-0.39, 0.29) is 17.6 Å². The van der Waals surface area contributed by atoms with Gasteiger partial charge in [0.25, 0.3) is 11.9 Å². The maximum absolute atomic E-state index is 12.9. The van der Waals surface area contributed by atoms with Crippen molar-refractivity contribution in [3.8, 4) is 11.8 Å². The number of carbonyl (C=O) groups is 1. The monoisotopic (exact) mass is 398 g/mol. The molecule has 30 heavy (non-hydrogen) atoms. The fourth-order valence-electron chi connectivity index (χ4n) is 3.09. The summed E-state index contributed by atoms with van der Waals surface area (Å²) >= 11 is 0. The maximum atomic E-state index is 12.9. The standard InChI is InChI=1S/C23H20N5O2/c1-2-18-13-14-28(27-18)23-24-15-19(22(30)26-23)21(29)25-20(16-9-5-3-6-10-16)17-11-7-4-8-12-17/h3-12,14-15,20H,2H2,1H3,(H,25,29)(H,24,26,30). The lowest BCUT2D eigenvalue weighted by Gasteiger charge is -2.20. The summed E-state index contributed by atoms with van der Waals surface area (Å²) in [7, 11) is 0. The summed E-state index contributed by atoms with van der Waals surface area (Å²) in [5, 5.41) is 17.6. The molecule has 2 heterocycles. The predicted octanol–water partition coefficient (Wildman–Crippen LogP) is 3.25. The van der Waals surface area contributed by atoms with Gasteiger partial charge in [-0.1, -0.05) is 67.6 Å². The fourth-order valence-corrected chi connectivity index (χ4v) is 3.09. The lowest BCUT2D eigenvalue weighted by Crippen LogP contribution is -2.29. The third-order valence-electron chi connectivity index (χ3n) is 4.66. The van der Waals surface area contributed by atoms with Gasteiger partial charge in [0.2, 0.25) is 5.88 Å². The number of hydrogen-bond donors (Lipinski definition) is 2. The first-order chi connectivity index (χ1) is 14.7. The highest BCUT2D eigenvalue weighted by Crippen LogP contribution is 2.23. The SMILES string of the molecule is CCc1[c]cn(-c2ncc(C(=O)NC(c3ccccc3)c3ccccc3)c(O)n2)n1. The van der Waals surface area contributed by atoms with Crippen LogP contribution in [-0.4, -0.2) is 30.8 Å². The van der Waals surface area contributed by atoms with Gasteiger partial charge in [-0.05, 0) is 17.5 Å². The van der Waals surface area contributed by atoms with Gasteiger partial charge >= 0.3 is 0 Å². The van der Waals surface area contributed by atoms with Crippen molar-refractivity contribution >= 4 is 5.91 Å². The van der Waals surface area contributed by atoms with Crippen molar-refractivity contribution in [1.29, 1.82) is 0 Å². The summed E-state index contributed by atoms with van der Waals surface area (Å²) in [6.07, 6.45) is 3.61. The minimum absolute atomic E-state index is 0.0116. The molecule has 0 aliphatic rings. The van der Waals surface area contributed by atoms with E-state index in [4.69, 9.17) is 0 Å². The molecule has 7 nitrogen and oxygen atoms in total. The molecule has 0 unspecified atom stereocenters. The Morgan fingerprint density at radius 1 is 1.10 bits per heavy atom. The Balaban J connectivity index is 1.61. The first-order valence-corrected chi connectivity index (χ1v) is 9.59. The zero-order chi connectivity index (χ0) is 20.9. The molecule has 0 aliphatic heterocycles. The maximum Gasteiger partial charge on any atom is 0.259 e. The molecular formula is C23H20N5O2. The second-order valence-electron chi connectivity index (χ2n) is 6.65. The van der Waals surface area contributed by atoms with E-state index < -0.39 is 11.8 Å². The number of nitrogens with zero attached hydrogens (tertiary/aromatic N) is 4. The van der Waals surface area contributed by atoms with Gasteiger partial charge in [-0.3, -0.25) is 4.79 Å². The van der Waals surface area contributed by atoms with E-state index in [2.05, 4.69) is 26.4 Å². The average molecular weight is 398 g/mol. The summed E-state index contributed by atoms with van der Waals surface area (Å²) in [4.78, 5) is 21.1. The van der Waals surface area contributed by atoms with Crippen LogP contribution in [-0.2, 0) is 6.42 Å². The fraction of sp³-hybridized carbons (Fsp3) is 0.130. The van der Waals surface area contributed by atoms with Crippen molar-refractivity contribution in [2.45, 2.75) is 19.4 Å². The minimum atomic E-state index is -0.474. The summed E-state index contributed by atoms with van der Waals surface area (Å²) < 4.78 is 1.41. The summed E-state index contributed by atoms with van der Waals surface area (Å²) in [5.74, 6) is -0.716. The highest BCUT2D eigenvalue weighted by atomic mass is 16.3. The van der Waals surface area contributed by atoms with Gasteiger partial charge in [0.1, 0.15) is 5.56 Å². The van der Waals surface area contributed by atoms with Gasteiger partial charge in [0, 0.05) is 18.5 Å². The van der Waals surface area contributed by atoms with Crippen LogP contribution in [0.5, 0.6) is 5.88 Å². The second-order valence-corrected chi connectivity index (χ2v) is 6.65. The van der Waals surface area contributed by atoms with Crippen LogP contribution in [0.1, 0.15) is 40.1 Å². The first-order valence-electron chi connectivity index (χ1n) is 9.59. The van der Waals surface area contributed by atoms with Crippen molar-refractivity contribution in [1.82, 2.24) is 25.1 Å².